The van der Waals surface area contributed by atoms with Crippen molar-refractivity contribution >= 4 is 5.91 Å². The molecule has 0 spiro atoms. The highest BCUT2D eigenvalue weighted by Gasteiger charge is 2.11. The molecule has 4 nitrogen and oxygen atoms in total. The molecule has 0 aromatic carbocycles. The average Bonchev–Trinajstić information content (AvgIpc) is 2.21. The Labute approximate surface area is 92.8 Å². The van der Waals surface area contributed by atoms with Crippen LogP contribution >= 0.6 is 0 Å². The van der Waals surface area contributed by atoms with Crippen molar-refractivity contribution in [3.63, 3.8) is 0 Å². The van der Waals surface area contributed by atoms with E-state index in [0.717, 1.165) is 19.6 Å². The minimum atomic E-state index is 0.102. The Morgan fingerprint density at radius 1 is 1.40 bits per heavy atom. The van der Waals surface area contributed by atoms with Crippen LogP contribution in [0.3, 0.4) is 0 Å². The first-order chi connectivity index (χ1) is 7.11. The molecule has 0 bridgehead atoms. The summed E-state index contributed by atoms with van der Waals surface area (Å²) < 4.78 is 5.12. The van der Waals surface area contributed by atoms with E-state index >= 15 is 0 Å². The predicted molar refractivity (Wildman–Crippen MR) is 61.8 cm³/mol. The fourth-order valence-electron chi connectivity index (χ4n) is 1.33. The number of amides is 1. The molecular formula is C11H24N2O2. The Hall–Kier alpha value is -0.610. The fourth-order valence-corrected chi connectivity index (χ4v) is 1.33. The SMILES string of the molecule is CNC(=O)CCCNC(COC)C(C)C. The maximum absolute atomic E-state index is 11.0. The highest BCUT2D eigenvalue weighted by Crippen LogP contribution is 2.02. The maximum Gasteiger partial charge on any atom is 0.219 e. The molecule has 1 atom stereocenters. The Bertz CT molecular complexity index is 172. The molecule has 0 aromatic heterocycles. The Morgan fingerprint density at radius 2 is 2.07 bits per heavy atom. The zero-order valence-corrected chi connectivity index (χ0v) is 10.3. The summed E-state index contributed by atoms with van der Waals surface area (Å²) >= 11 is 0. The highest BCUT2D eigenvalue weighted by atomic mass is 16.5. The van der Waals surface area contributed by atoms with Crippen LogP contribution in [0.15, 0.2) is 0 Å². The highest BCUT2D eigenvalue weighted by molar-refractivity contribution is 5.75. The zero-order chi connectivity index (χ0) is 11.7. The topological polar surface area (TPSA) is 50.4 Å². The zero-order valence-electron chi connectivity index (χ0n) is 10.3. The van der Waals surface area contributed by atoms with Crippen LogP contribution < -0.4 is 10.6 Å². The molecule has 0 aliphatic rings. The van der Waals surface area contributed by atoms with Gasteiger partial charge in [0.15, 0.2) is 0 Å². The third-order valence-corrected chi connectivity index (χ3v) is 2.42. The van der Waals surface area contributed by atoms with Crippen LogP contribution in [-0.4, -0.2) is 39.3 Å². The van der Waals surface area contributed by atoms with E-state index in [0.29, 0.717) is 18.4 Å². The molecule has 0 radical (unpaired) electrons. The third kappa shape index (κ3) is 7.33. The van der Waals surface area contributed by atoms with Gasteiger partial charge >= 0.3 is 0 Å². The van der Waals surface area contributed by atoms with Gasteiger partial charge in [-0.2, -0.15) is 0 Å². The van der Waals surface area contributed by atoms with Gasteiger partial charge in [-0.3, -0.25) is 4.79 Å². The van der Waals surface area contributed by atoms with Gasteiger partial charge < -0.3 is 15.4 Å². The molecule has 2 N–H and O–H groups in total. The van der Waals surface area contributed by atoms with Gasteiger partial charge in [-0.1, -0.05) is 13.8 Å². The first kappa shape index (κ1) is 14.4. The molecule has 0 aromatic rings. The van der Waals surface area contributed by atoms with Gasteiger partial charge in [0.05, 0.1) is 6.61 Å². The third-order valence-electron chi connectivity index (χ3n) is 2.42. The number of carbonyl (C=O) groups is 1. The standard InChI is InChI=1S/C11H24N2O2/c1-9(2)10(8-15-4)13-7-5-6-11(14)12-3/h9-10,13H,5-8H2,1-4H3,(H,12,14). The molecule has 15 heavy (non-hydrogen) atoms. The van der Waals surface area contributed by atoms with Crippen LogP contribution in [0, 0.1) is 5.92 Å². The van der Waals surface area contributed by atoms with Crippen LogP contribution in [0.5, 0.6) is 0 Å². The lowest BCUT2D eigenvalue weighted by Crippen LogP contribution is -2.38. The molecule has 4 heteroatoms. The van der Waals surface area contributed by atoms with E-state index in [1.54, 1.807) is 14.2 Å². The molecule has 0 fully saturated rings. The van der Waals surface area contributed by atoms with E-state index < -0.39 is 0 Å². The lowest BCUT2D eigenvalue weighted by molar-refractivity contribution is -0.120. The minimum Gasteiger partial charge on any atom is -0.383 e. The van der Waals surface area contributed by atoms with Gasteiger partial charge in [-0.15, -0.1) is 0 Å². The van der Waals surface area contributed by atoms with E-state index in [9.17, 15) is 4.79 Å². The molecule has 0 aliphatic heterocycles. The minimum absolute atomic E-state index is 0.102. The Balaban J connectivity index is 3.57. The Kier molecular flexibility index (Phi) is 8.33. The smallest absolute Gasteiger partial charge is 0.219 e. The second kappa shape index (κ2) is 8.68. The van der Waals surface area contributed by atoms with E-state index in [1.807, 2.05) is 0 Å². The summed E-state index contributed by atoms with van der Waals surface area (Å²) in [5.74, 6) is 0.648. The van der Waals surface area contributed by atoms with Crippen LogP contribution in [0.2, 0.25) is 0 Å². The van der Waals surface area contributed by atoms with Gasteiger partial charge in [-0.05, 0) is 18.9 Å². The molecular weight excluding hydrogens is 192 g/mol. The number of ether oxygens (including phenoxy) is 1. The summed E-state index contributed by atoms with van der Waals surface area (Å²) in [6, 6.07) is 0.375. The van der Waals surface area contributed by atoms with Gasteiger partial charge in [-0.25, -0.2) is 0 Å². The summed E-state index contributed by atoms with van der Waals surface area (Å²) in [5.41, 5.74) is 0. The number of hydrogen-bond acceptors (Lipinski definition) is 3. The monoisotopic (exact) mass is 216 g/mol. The van der Waals surface area contributed by atoms with Crippen molar-refractivity contribution in [1.29, 1.82) is 0 Å². The van der Waals surface area contributed by atoms with Crippen molar-refractivity contribution < 1.29 is 9.53 Å². The van der Waals surface area contributed by atoms with E-state index in [2.05, 4.69) is 24.5 Å². The molecule has 1 unspecified atom stereocenters. The molecule has 0 heterocycles. The molecule has 90 valence electrons. The number of nitrogens with one attached hydrogen (secondary N) is 2. The summed E-state index contributed by atoms with van der Waals surface area (Å²) in [7, 11) is 3.37. The predicted octanol–water partition coefficient (Wildman–Crippen LogP) is 0.773. The van der Waals surface area contributed by atoms with E-state index in [1.165, 1.54) is 0 Å². The van der Waals surface area contributed by atoms with Gasteiger partial charge in [0.2, 0.25) is 5.91 Å². The van der Waals surface area contributed by atoms with Crippen LogP contribution in [0.25, 0.3) is 0 Å². The van der Waals surface area contributed by atoms with E-state index in [4.69, 9.17) is 4.74 Å². The maximum atomic E-state index is 11.0. The first-order valence-electron chi connectivity index (χ1n) is 5.54. The van der Waals surface area contributed by atoms with E-state index in [-0.39, 0.29) is 5.91 Å². The molecule has 0 saturated heterocycles. The van der Waals surface area contributed by atoms with Crippen molar-refractivity contribution in [2.75, 3.05) is 27.3 Å². The number of rotatable bonds is 8. The Morgan fingerprint density at radius 3 is 2.53 bits per heavy atom. The summed E-state index contributed by atoms with van der Waals surface area (Å²) in [6.07, 6.45) is 1.45. The van der Waals surface area contributed by atoms with Crippen molar-refractivity contribution in [1.82, 2.24) is 10.6 Å². The quantitative estimate of drug-likeness (QED) is 0.589. The van der Waals surface area contributed by atoms with Gasteiger partial charge in [0, 0.05) is 26.6 Å². The van der Waals surface area contributed by atoms with Crippen LogP contribution in [0.4, 0.5) is 0 Å². The number of carbonyl (C=O) groups excluding carboxylic acids is 1. The van der Waals surface area contributed by atoms with Crippen LogP contribution in [-0.2, 0) is 9.53 Å². The van der Waals surface area contributed by atoms with Crippen molar-refractivity contribution in [2.24, 2.45) is 5.92 Å². The van der Waals surface area contributed by atoms with Crippen molar-refractivity contribution in [2.45, 2.75) is 32.7 Å². The lowest BCUT2D eigenvalue weighted by atomic mass is 10.1. The summed E-state index contributed by atoms with van der Waals surface area (Å²) in [5, 5.41) is 6.00. The second-order valence-corrected chi connectivity index (χ2v) is 4.04. The lowest BCUT2D eigenvalue weighted by Gasteiger charge is -2.21. The fraction of sp³-hybridized carbons (Fsp3) is 0.909. The second-order valence-electron chi connectivity index (χ2n) is 4.04. The largest absolute Gasteiger partial charge is 0.383 e. The molecule has 1 amide bonds. The summed E-state index contributed by atoms with van der Waals surface area (Å²) in [4.78, 5) is 11.0. The summed E-state index contributed by atoms with van der Waals surface area (Å²) in [6.45, 7) is 5.90. The molecule has 0 rings (SSSR count). The number of methoxy groups -OCH3 is 1. The average molecular weight is 216 g/mol. The molecule has 0 aliphatic carbocycles. The van der Waals surface area contributed by atoms with Crippen LogP contribution in [0.1, 0.15) is 26.7 Å². The molecule has 0 saturated carbocycles. The normalized spacial score (nSPS) is 12.9. The first-order valence-corrected chi connectivity index (χ1v) is 5.54. The van der Waals surface area contributed by atoms with Gasteiger partial charge in [0.1, 0.15) is 0 Å². The van der Waals surface area contributed by atoms with Gasteiger partial charge in [0.25, 0.3) is 0 Å². The van der Waals surface area contributed by atoms with Crippen molar-refractivity contribution in [3.8, 4) is 0 Å². The van der Waals surface area contributed by atoms with Crippen molar-refractivity contribution in [3.05, 3.63) is 0 Å². The number of hydrogen-bond donors (Lipinski definition) is 2.